The number of hydrogen-bond donors (Lipinski definition) is 1. The van der Waals surface area contributed by atoms with Crippen LogP contribution in [0.3, 0.4) is 0 Å². The third-order valence-corrected chi connectivity index (χ3v) is 5.21. The average molecular weight is 450 g/mol. The van der Waals surface area contributed by atoms with E-state index in [-0.39, 0.29) is 30.0 Å². The molecule has 0 aromatic heterocycles. The van der Waals surface area contributed by atoms with Gasteiger partial charge in [0.05, 0.1) is 18.3 Å². The molecule has 0 aliphatic carbocycles. The van der Waals surface area contributed by atoms with Crippen LogP contribution in [0, 0.1) is 5.82 Å². The van der Waals surface area contributed by atoms with E-state index in [0.29, 0.717) is 6.61 Å². The van der Waals surface area contributed by atoms with Crippen molar-refractivity contribution in [2.45, 2.75) is 37.1 Å². The molecule has 1 unspecified atom stereocenters. The van der Waals surface area contributed by atoms with E-state index in [1.54, 1.807) is 26.2 Å². The molecule has 0 saturated carbocycles. The van der Waals surface area contributed by atoms with Crippen molar-refractivity contribution < 1.29 is 41.7 Å². The number of alkyl halides is 3. The number of piperidine rings is 1. The lowest BCUT2D eigenvalue weighted by Crippen LogP contribution is -2.44. The molecule has 0 bridgehead atoms. The minimum atomic E-state index is -5.08. The van der Waals surface area contributed by atoms with Gasteiger partial charge in [0.2, 0.25) is 5.91 Å². The van der Waals surface area contributed by atoms with Crippen molar-refractivity contribution >= 4 is 17.6 Å². The fourth-order valence-corrected chi connectivity index (χ4v) is 3.42. The van der Waals surface area contributed by atoms with E-state index in [2.05, 4.69) is 4.90 Å². The molecule has 2 aliphatic heterocycles. The molecule has 174 valence electrons. The summed E-state index contributed by atoms with van der Waals surface area (Å²) in [7, 11) is 3.45. The van der Waals surface area contributed by atoms with Gasteiger partial charge in [-0.2, -0.15) is 13.2 Å². The van der Waals surface area contributed by atoms with Crippen molar-refractivity contribution in [3.63, 3.8) is 0 Å². The Hall–Kier alpha value is -2.40. The van der Waals surface area contributed by atoms with Crippen LogP contribution in [0.2, 0.25) is 0 Å². The number of aliphatic carboxylic acids is 1. The molecule has 2 aliphatic rings. The van der Waals surface area contributed by atoms with Gasteiger partial charge in [-0.05, 0) is 31.0 Å². The second-order valence-electron chi connectivity index (χ2n) is 7.69. The quantitative estimate of drug-likeness (QED) is 0.711. The van der Waals surface area contributed by atoms with Gasteiger partial charge in [0.1, 0.15) is 12.4 Å². The van der Waals surface area contributed by atoms with Crippen molar-refractivity contribution in [3.8, 4) is 0 Å². The molecule has 1 aromatic carbocycles. The first-order chi connectivity index (χ1) is 14.4. The lowest BCUT2D eigenvalue weighted by Gasteiger charge is -2.39. The van der Waals surface area contributed by atoms with Gasteiger partial charge in [0.25, 0.3) is 0 Å². The van der Waals surface area contributed by atoms with Crippen molar-refractivity contribution in [1.82, 2.24) is 4.90 Å². The van der Waals surface area contributed by atoms with Crippen molar-refractivity contribution in [2.24, 2.45) is 0 Å². The molecule has 1 spiro atoms. The fraction of sp³-hybridized carbons (Fsp3) is 0.600. The highest BCUT2D eigenvalue weighted by Crippen LogP contribution is 2.38. The van der Waals surface area contributed by atoms with Gasteiger partial charge in [0, 0.05) is 39.3 Å². The number of carboxylic acids is 1. The molecule has 2 fully saturated rings. The number of nitrogens with zero attached hydrogens (tertiary/aromatic N) is 2. The second kappa shape index (κ2) is 10.3. The smallest absolute Gasteiger partial charge is 0.475 e. The number of anilines is 1. The predicted octanol–water partition coefficient (Wildman–Crippen LogP) is 2.69. The number of amides is 1. The Balaban J connectivity index is 0.000000423. The van der Waals surface area contributed by atoms with Crippen LogP contribution in [0.4, 0.5) is 23.2 Å². The Morgan fingerprint density at radius 3 is 2.42 bits per heavy atom. The predicted molar refractivity (Wildman–Crippen MR) is 103 cm³/mol. The molecule has 2 heterocycles. The average Bonchev–Trinajstić information content (AvgIpc) is 3.09. The molecule has 11 heteroatoms. The Morgan fingerprint density at radius 1 is 1.29 bits per heavy atom. The number of halogens is 4. The maximum Gasteiger partial charge on any atom is 0.490 e. The summed E-state index contributed by atoms with van der Waals surface area (Å²) in [5.74, 6) is -2.99. The van der Waals surface area contributed by atoms with E-state index in [1.165, 1.54) is 11.0 Å². The van der Waals surface area contributed by atoms with Gasteiger partial charge < -0.3 is 24.4 Å². The van der Waals surface area contributed by atoms with E-state index >= 15 is 0 Å². The number of benzene rings is 1. The molecule has 1 amide bonds. The standard InChI is InChI=1S/C18H25FN2O3.C2HF3O2/c1-20(2)17(22)13-23-16-11-18(24-12-16)6-8-21(9-7-18)15-5-3-4-14(19)10-15;3-2(4,5)1(6)7/h3-5,10,16H,6-9,11-13H2,1-2H3;(H,6,7). The lowest BCUT2D eigenvalue weighted by molar-refractivity contribution is -0.192. The molecule has 31 heavy (non-hydrogen) atoms. The minimum Gasteiger partial charge on any atom is -0.475 e. The topological polar surface area (TPSA) is 79.3 Å². The highest BCUT2D eigenvalue weighted by molar-refractivity contribution is 5.76. The van der Waals surface area contributed by atoms with Crippen LogP contribution in [0.5, 0.6) is 0 Å². The van der Waals surface area contributed by atoms with Crippen molar-refractivity contribution in [3.05, 3.63) is 30.1 Å². The van der Waals surface area contributed by atoms with Crippen LogP contribution in [0.1, 0.15) is 19.3 Å². The zero-order valence-electron chi connectivity index (χ0n) is 17.3. The monoisotopic (exact) mass is 450 g/mol. The third-order valence-electron chi connectivity index (χ3n) is 5.21. The molecule has 7 nitrogen and oxygen atoms in total. The summed E-state index contributed by atoms with van der Waals surface area (Å²) in [6.07, 6.45) is -2.49. The third kappa shape index (κ3) is 7.35. The normalized spacial score (nSPS) is 20.2. The zero-order chi connectivity index (χ0) is 23.2. The number of ether oxygens (including phenoxy) is 2. The molecule has 0 radical (unpaired) electrons. The first-order valence-electron chi connectivity index (χ1n) is 9.68. The van der Waals surface area contributed by atoms with Crippen LogP contribution in [-0.2, 0) is 19.1 Å². The van der Waals surface area contributed by atoms with E-state index in [9.17, 15) is 22.4 Å². The van der Waals surface area contributed by atoms with Gasteiger partial charge in [-0.1, -0.05) is 6.07 Å². The van der Waals surface area contributed by atoms with E-state index in [1.807, 2.05) is 6.07 Å². The Bertz CT molecular complexity index is 764. The number of carbonyl (C=O) groups is 2. The summed E-state index contributed by atoms with van der Waals surface area (Å²) < 4.78 is 56.9. The van der Waals surface area contributed by atoms with E-state index < -0.39 is 12.1 Å². The minimum absolute atomic E-state index is 0.0189. The molecule has 1 atom stereocenters. The van der Waals surface area contributed by atoms with Gasteiger partial charge in [-0.3, -0.25) is 4.79 Å². The van der Waals surface area contributed by atoms with Crippen LogP contribution in [0.25, 0.3) is 0 Å². The Kier molecular flexibility index (Phi) is 8.24. The molecule has 2 saturated heterocycles. The number of hydrogen-bond acceptors (Lipinski definition) is 5. The van der Waals surface area contributed by atoms with Gasteiger partial charge in [0.15, 0.2) is 0 Å². The Morgan fingerprint density at radius 2 is 1.90 bits per heavy atom. The van der Waals surface area contributed by atoms with Crippen LogP contribution < -0.4 is 4.90 Å². The summed E-state index contributed by atoms with van der Waals surface area (Å²) in [5, 5.41) is 7.12. The maximum atomic E-state index is 13.4. The van der Waals surface area contributed by atoms with Gasteiger partial charge in [-0.15, -0.1) is 0 Å². The van der Waals surface area contributed by atoms with Crippen LogP contribution in [-0.4, -0.2) is 80.2 Å². The molecule has 3 rings (SSSR count). The van der Waals surface area contributed by atoms with E-state index in [4.69, 9.17) is 19.4 Å². The summed E-state index contributed by atoms with van der Waals surface area (Å²) in [4.78, 5) is 24.2. The largest absolute Gasteiger partial charge is 0.490 e. The second-order valence-corrected chi connectivity index (χ2v) is 7.69. The number of likely N-dealkylation sites (N-methyl/N-ethyl adjacent to an activating group) is 1. The first-order valence-corrected chi connectivity index (χ1v) is 9.68. The zero-order valence-corrected chi connectivity index (χ0v) is 17.3. The highest BCUT2D eigenvalue weighted by Gasteiger charge is 2.43. The van der Waals surface area contributed by atoms with Gasteiger partial charge in [-0.25, -0.2) is 9.18 Å². The van der Waals surface area contributed by atoms with Crippen LogP contribution in [0.15, 0.2) is 24.3 Å². The van der Waals surface area contributed by atoms with Gasteiger partial charge >= 0.3 is 12.1 Å². The molecule has 1 N–H and O–H groups in total. The van der Waals surface area contributed by atoms with Crippen molar-refractivity contribution in [1.29, 1.82) is 0 Å². The Labute approximate surface area is 177 Å². The first kappa shape index (κ1) is 24.9. The summed E-state index contributed by atoms with van der Waals surface area (Å²) in [6, 6.07) is 6.72. The SMILES string of the molecule is CN(C)C(=O)COC1COC2(CCN(c3cccc(F)c3)CC2)C1.O=C(O)C(F)(F)F. The fourth-order valence-electron chi connectivity index (χ4n) is 3.42. The summed E-state index contributed by atoms with van der Waals surface area (Å²) in [5.41, 5.74) is 0.766. The molecule has 1 aromatic rings. The highest BCUT2D eigenvalue weighted by atomic mass is 19.4. The summed E-state index contributed by atoms with van der Waals surface area (Å²) >= 11 is 0. The molecular weight excluding hydrogens is 424 g/mol. The number of carboxylic acid groups (broad SMARTS) is 1. The molecular formula is C20H26F4N2O5. The van der Waals surface area contributed by atoms with Crippen molar-refractivity contribution in [2.75, 3.05) is 45.3 Å². The maximum absolute atomic E-state index is 13.4. The number of rotatable bonds is 4. The summed E-state index contributed by atoms with van der Waals surface area (Å²) in [6.45, 7) is 2.33. The number of carbonyl (C=O) groups excluding carboxylic acids is 1. The van der Waals surface area contributed by atoms with E-state index in [0.717, 1.165) is 38.0 Å². The lowest BCUT2D eigenvalue weighted by atomic mass is 9.87. The van der Waals surface area contributed by atoms with Crippen LogP contribution >= 0.6 is 0 Å².